The standard InChI is InChI=1S/C24H36N4O2/c1-8-29-19(7)28-14-10-12-20(28)11-9-13-21-16(4)23(26-24(25-21)15(2)3)22-17(5)27-30-18(22)6/h15,20H,7-14H2,1-6H3/t20-/m1/s1. The van der Waals surface area contributed by atoms with E-state index in [9.17, 15) is 0 Å². The van der Waals surface area contributed by atoms with Crippen molar-refractivity contribution in [3.8, 4) is 11.3 Å². The Bertz CT molecular complexity index is 868. The Morgan fingerprint density at radius 2 is 2.03 bits per heavy atom. The van der Waals surface area contributed by atoms with E-state index in [1.54, 1.807) is 0 Å². The second kappa shape index (κ2) is 9.63. The zero-order valence-corrected chi connectivity index (χ0v) is 19.4. The van der Waals surface area contributed by atoms with Crippen molar-refractivity contribution < 1.29 is 9.26 Å². The van der Waals surface area contributed by atoms with Crippen molar-refractivity contribution in [3.63, 3.8) is 0 Å². The van der Waals surface area contributed by atoms with Gasteiger partial charge in [-0.3, -0.25) is 0 Å². The van der Waals surface area contributed by atoms with Gasteiger partial charge in [0.2, 0.25) is 0 Å². The van der Waals surface area contributed by atoms with Gasteiger partial charge in [0, 0.05) is 24.2 Å². The van der Waals surface area contributed by atoms with Gasteiger partial charge in [-0.25, -0.2) is 9.97 Å². The van der Waals surface area contributed by atoms with Gasteiger partial charge in [0.15, 0.2) is 5.88 Å². The highest BCUT2D eigenvalue weighted by Crippen LogP contribution is 2.31. The van der Waals surface area contributed by atoms with E-state index >= 15 is 0 Å². The normalized spacial score (nSPS) is 16.5. The molecule has 1 saturated heterocycles. The van der Waals surface area contributed by atoms with Gasteiger partial charge < -0.3 is 14.2 Å². The van der Waals surface area contributed by atoms with Gasteiger partial charge in [-0.05, 0) is 71.9 Å². The largest absolute Gasteiger partial charge is 0.480 e. The van der Waals surface area contributed by atoms with Crippen LogP contribution in [0.15, 0.2) is 17.0 Å². The highest BCUT2D eigenvalue weighted by Gasteiger charge is 2.26. The van der Waals surface area contributed by atoms with Crippen LogP contribution in [-0.4, -0.2) is 39.2 Å². The van der Waals surface area contributed by atoms with Gasteiger partial charge >= 0.3 is 0 Å². The Kier molecular flexibility index (Phi) is 7.16. The molecule has 6 nitrogen and oxygen atoms in total. The number of aromatic nitrogens is 3. The molecule has 30 heavy (non-hydrogen) atoms. The highest BCUT2D eigenvalue weighted by molar-refractivity contribution is 5.67. The summed E-state index contributed by atoms with van der Waals surface area (Å²) in [5.41, 5.74) is 5.12. The van der Waals surface area contributed by atoms with E-state index in [0.717, 1.165) is 71.5 Å². The summed E-state index contributed by atoms with van der Waals surface area (Å²) in [4.78, 5) is 12.2. The Morgan fingerprint density at radius 3 is 2.67 bits per heavy atom. The summed E-state index contributed by atoms with van der Waals surface area (Å²) in [5.74, 6) is 2.79. The lowest BCUT2D eigenvalue weighted by Crippen LogP contribution is -2.29. The first-order valence-corrected chi connectivity index (χ1v) is 11.2. The molecule has 3 heterocycles. The van der Waals surface area contributed by atoms with E-state index in [1.807, 2.05) is 20.8 Å². The number of hydrogen-bond acceptors (Lipinski definition) is 6. The molecular formula is C24H36N4O2. The summed E-state index contributed by atoms with van der Waals surface area (Å²) in [6.45, 7) is 18.2. The molecule has 0 amide bonds. The van der Waals surface area contributed by atoms with Gasteiger partial charge in [0.25, 0.3) is 0 Å². The summed E-state index contributed by atoms with van der Waals surface area (Å²) in [5, 5.41) is 4.13. The first-order valence-electron chi connectivity index (χ1n) is 11.2. The van der Waals surface area contributed by atoms with E-state index in [1.165, 1.54) is 12.8 Å². The van der Waals surface area contributed by atoms with Gasteiger partial charge in [-0.1, -0.05) is 19.0 Å². The molecule has 164 valence electrons. The van der Waals surface area contributed by atoms with Gasteiger partial charge in [-0.15, -0.1) is 0 Å². The highest BCUT2D eigenvalue weighted by atomic mass is 16.5. The maximum Gasteiger partial charge on any atom is 0.181 e. The molecule has 0 spiro atoms. The maximum atomic E-state index is 5.66. The quantitative estimate of drug-likeness (QED) is 0.509. The van der Waals surface area contributed by atoms with Crippen molar-refractivity contribution in [2.45, 2.75) is 85.6 Å². The Morgan fingerprint density at radius 1 is 1.27 bits per heavy atom. The van der Waals surface area contributed by atoms with Crippen LogP contribution in [0, 0.1) is 20.8 Å². The van der Waals surface area contributed by atoms with Crippen LogP contribution >= 0.6 is 0 Å². The van der Waals surface area contributed by atoms with Crippen LogP contribution in [0.5, 0.6) is 0 Å². The van der Waals surface area contributed by atoms with Crippen molar-refractivity contribution in [1.82, 2.24) is 20.0 Å². The smallest absolute Gasteiger partial charge is 0.181 e. The molecule has 2 aromatic rings. The number of aryl methyl sites for hydroxylation is 3. The van der Waals surface area contributed by atoms with E-state index in [-0.39, 0.29) is 5.92 Å². The lowest BCUT2D eigenvalue weighted by atomic mass is 9.99. The number of nitrogens with zero attached hydrogens (tertiary/aromatic N) is 4. The van der Waals surface area contributed by atoms with Crippen LogP contribution in [0.1, 0.15) is 80.9 Å². The Labute approximate surface area is 180 Å². The van der Waals surface area contributed by atoms with Gasteiger partial charge in [0.05, 0.1) is 23.6 Å². The molecule has 0 aromatic carbocycles. The fourth-order valence-electron chi connectivity index (χ4n) is 4.37. The van der Waals surface area contributed by atoms with Crippen LogP contribution in [0.3, 0.4) is 0 Å². The van der Waals surface area contributed by atoms with Crippen LogP contribution < -0.4 is 0 Å². The fraction of sp³-hybridized carbons (Fsp3) is 0.625. The summed E-state index contributed by atoms with van der Waals surface area (Å²) < 4.78 is 11.1. The van der Waals surface area contributed by atoms with Crippen LogP contribution in [0.2, 0.25) is 0 Å². The minimum absolute atomic E-state index is 0.267. The third-order valence-corrected chi connectivity index (χ3v) is 6.01. The molecule has 6 heteroatoms. The second-order valence-electron chi connectivity index (χ2n) is 8.56. The van der Waals surface area contributed by atoms with E-state index in [2.05, 4.69) is 37.4 Å². The summed E-state index contributed by atoms with van der Waals surface area (Å²) in [7, 11) is 0. The molecule has 0 saturated carbocycles. The van der Waals surface area contributed by atoms with Crippen LogP contribution in [0.4, 0.5) is 0 Å². The SMILES string of the molecule is C=C(OCC)N1CCC[C@H]1CCCc1nc(C(C)C)nc(-c2c(C)noc2C)c1C. The van der Waals surface area contributed by atoms with E-state index in [4.69, 9.17) is 19.2 Å². The zero-order valence-electron chi connectivity index (χ0n) is 19.4. The third kappa shape index (κ3) is 4.68. The number of likely N-dealkylation sites (tertiary alicyclic amines) is 1. The minimum Gasteiger partial charge on any atom is -0.480 e. The molecule has 1 fully saturated rings. The van der Waals surface area contributed by atoms with Crippen LogP contribution in [0.25, 0.3) is 11.3 Å². The first kappa shape index (κ1) is 22.3. The van der Waals surface area contributed by atoms with Crippen molar-refractivity contribution >= 4 is 0 Å². The monoisotopic (exact) mass is 412 g/mol. The van der Waals surface area contributed by atoms with Gasteiger partial charge in [0.1, 0.15) is 11.6 Å². The molecule has 3 rings (SSSR count). The molecular weight excluding hydrogens is 376 g/mol. The van der Waals surface area contributed by atoms with Crippen molar-refractivity contribution in [2.24, 2.45) is 0 Å². The lowest BCUT2D eigenvalue weighted by molar-refractivity contribution is 0.111. The predicted molar refractivity (Wildman–Crippen MR) is 119 cm³/mol. The first-order chi connectivity index (χ1) is 14.3. The Balaban J connectivity index is 1.78. The van der Waals surface area contributed by atoms with Crippen molar-refractivity contribution in [2.75, 3.05) is 13.2 Å². The number of rotatable bonds is 9. The lowest BCUT2D eigenvalue weighted by Gasteiger charge is -2.28. The average Bonchev–Trinajstić information content (AvgIpc) is 3.30. The average molecular weight is 413 g/mol. The van der Waals surface area contributed by atoms with Crippen LogP contribution in [-0.2, 0) is 11.2 Å². The summed E-state index contributed by atoms with van der Waals surface area (Å²) in [6.07, 6.45) is 5.55. The maximum absolute atomic E-state index is 5.66. The molecule has 1 aliphatic heterocycles. The third-order valence-electron chi connectivity index (χ3n) is 6.01. The van der Waals surface area contributed by atoms with E-state index in [0.29, 0.717) is 12.6 Å². The molecule has 0 radical (unpaired) electrons. The number of ether oxygens (including phenoxy) is 1. The number of hydrogen-bond donors (Lipinski definition) is 0. The predicted octanol–water partition coefficient (Wildman–Crippen LogP) is 5.48. The van der Waals surface area contributed by atoms with Crippen molar-refractivity contribution in [1.29, 1.82) is 0 Å². The molecule has 0 unspecified atom stereocenters. The van der Waals surface area contributed by atoms with E-state index < -0.39 is 0 Å². The molecule has 1 atom stereocenters. The minimum atomic E-state index is 0.267. The topological polar surface area (TPSA) is 64.3 Å². The summed E-state index contributed by atoms with van der Waals surface area (Å²) in [6, 6.07) is 0.512. The van der Waals surface area contributed by atoms with Crippen molar-refractivity contribution in [3.05, 3.63) is 41.0 Å². The molecule has 2 aromatic heterocycles. The molecule has 0 bridgehead atoms. The molecule has 1 aliphatic rings. The van der Waals surface area contributed by atoms with Gasteiger partial charge in [-0.2, -0.15) is 0 Å². The molecule has 0 aliphatic carbocycles. The fourth-order valence-corrected chi connectivity index (χ4v) is 4.37. The zero-order chi connectivity index (χ0) is 21.8. The molecule has 0 N–H and O–H groups in total. The summed E-state index contributed by atoms with van der Waals surface area (Å²) >= 11 is 0. The Hall–Kier alpha value is -2.37. The second-order valence-corrected chi connectivity index (χ2v) is 8.56.